The first-order valence-electron chi connectivity index (χ1n) is 10.5. The lowest BCUT2D eigenvalue weighted by Crippen LogP contribution is -3.11. The van der Waals surface area contributed by atoms with Crippen LogP contribution in [-0.2, 0) is 18.4 Å². The van der Waals surface area contributed by atoms with Crippen molar-refractivity contribution >= 4 is 23.2 Å². The molecule has 1 atom stereocenters. The molecule has 0 aliphatic heterocycles. The first kappa shape index (κ1) is 23.7. The van der Waals surface area contributed by atoms with E-state index >= 15 is 0 Å². The number of quaternary nitrogens is 1. The van der Waals surface area contributed by atoms with Gasteiger partial charge in [-0.3, -0.25) is 23.5 Å². The maximum Gasteiger partial charge on any atom is 0.332 e. The van der Waals surface area contributed by atoms with E-state index in [1.54, 1.807) is 19.2 Å². The predicted molar refractivity (Wildman–Crippen MR) is 127 cm³/mol. The fourth-order valence-corrected chi connectivity index (χ4v) is 3.51. The van der Waals surface area contributed by atoms with Crippen molar-refractivity contribution in [2.75, 3.05) is 31.2 Å². The number of hydrogen-bond donors (Lipinski definition) is 3. The fourth-order valence-electron chi connectivity index (χ4n) is 3.51. The zero-order valence-electron chi connectivity index (χ0n) is 18.9. The van der Waals surface area contributed by atoms with Gasteiger partial charge in [-0.25, -0.2) is 4.79 Å². The zero-order valence-corrected chi connectivity index (χ0v) is 18.9. The average Bonchev–Trinajstić information content (AvgIpc) is 2.77. The number of ketones is 1. The summed E-state index contributed by atoms with van der Waals surface area (Å²) in [4.78, 5) is 51.2. The molecule has 9 heteroatoms. The van der Waals surface area contributed by atoms with Gasteiger partial charge in [0.1, 0.15) is 17.9 Å². The molecule has 0 saturated carbocycles. The van der Waals surface area contributed by atoms with Crippen LogP contribution in [0.3, 0.4) is 0 Å². The lowest BCUT2D eigenvalue weighted by Gasteiger charge is -2.16. The lowest BCUT2D eigenvalue weighted by molar-refractivity contribution is -0.861. The van der Waals surface area contributed by atoms with Crippen molar-refractivity contribution in [1.29, 1.82) is 0 Å². The van der Waals surface area contributed by atoms with Gasteiger partial charge in [-0.05, 0) is 24.6 Å². The molecule has 1 aromatic heterocycles. The molecule has 0 fully saturated rings. The average molecular weight is 451 g/mol. The van der Waals surface area contributed by atoms with Gasteiger partial charge >= 0.3 is 5.69 Å². The molecule has 0 aliphatic carbocycles. The second kappa shape index (κ2) is 10.1. The van der Waals surface area contributed by atoms with Crippen molar-refractivity contribution in [2.24, 2.45) is 7.05 Å². The van der Waals surface area contributed by atoms with E-state index in [4.69, 9.17) is 5.73 Å². The summed E-state index contributed by atoms with van der Waals surface area (Å²) in [6.07, 6.45) is 0. The molecule has 0 aliphatic rings. The molecule has 0 spiro atoms. The molecule has 4 N–H and O–H groups in total. The van der Waals surface area contributed by atoms with E-state index in [2.05, 4.69) is 5.32 Å². The van der Waals surface area contributed by atoms with E-state index in [9.17, 15) is 19.2 Å². The Labute approximate surface area is 191 Å². The first-order chi connectivity index (χ1) is 15.7. The summed E-state index contributed by atoms with van der Waals surface area (Å²) in [6, 6.07) is 16.5. The van der Waals surface area contributed by atoms with Crippen LogP contribution in [0.15, 0.2) is 64.2 Å². The van der Waals surface area contributed by atoms with Crippen molar-refractivity contribution in [3.05, 3.63) is 92.1 Å². The van der Waals surface area contributed by atoms with Crippen molar-refractivity contribution in [1.82, 2.24) is 9.13 Å². The SMILES string of the molecule is Cc1ccc(NC(=O)C[NH+](C)CC(=O)c2c(N)n(Cc3ccccc3)c(=O)n(C)c2=O)cc1. The van der Waals surface area contributed by atoms with Gasteiger partial charge in [-0.2, -0.15) is 0 Å². The van der Waals surface area contributed by atoms with Gasteiger partial charge in [0.05, 0.1) is 13.6 Å². The third-order valence-electron chi connectivity index (χ3n) is 5.31. The first-order valence-corrected chi connectivity index (χ1v) is 10.5. The van der Waals surface area contributed by atoms with E-state index in [0.717, 1.165) is 15.7 Å². The Hall–Kier alpha value is -3.98. The summed E-state index contributed by atoms with van der Waals surface area (Å²) in [7, 11) is 2.99. The third-order valence-corrected chi connectivity index (χ3v) is 5.31. The molecule has 3 aromatic rings. The molecule has 0 bridgehead atoms. The standard InChI is InChI=1S/C24H27N5O4/c1-16-9-11-18(12-10-16)26-20(31)15-27(2)14-19(30)21-22(25)29(24(33)28(3)23(21)32)13-17-7-5-4-6-8-17/h4-12H,13-15,25H2,1-3H3,(H,26,31)/p+1. The van der Waals surface area contributed by atoms with E-state index in [1.807, 2.05) is 49.4 Å². The molecular formula is C24H28N5O4+. The number of nitrogen functional groups attached to an aromatic ring is 1. The highest BCUT2D eigenvalue weighted by atomic mass is 16.2. The van der Waals surface area contributed by atoms with E-state index < -0.39 is 17.0 Å². The van der Waals surface area contributed by atoms with Crippen LogP contribution in [0.1, 0.15) is 21.5 Å². The summed E-state index contributed by atoms with van der Waals surface area (Å²) in [5.74, 6) is -0.969. The third kappa shape index (κ3) is 5.64. The summed E-state index contributed by atoms with van der Waals surface area (Å²) < 4.78 is 2.09. The number of carbonyl (C=O) groups is 2. The fraction of sp³-hybridized carbons (Fsp3) is 0.250. The zero-order chi connectivity index (χ0) is 24.1. The monoisotopic (exact) mass is 450 g/mol. The van der Waals surface area contributed by atoms with Gasteiger partial charge in [-0.1, -0.05) is 48.0 Å². The molecule has 1 amide bonds. The van der Waals surface area contributed by atoms with E-state index in [-0.39, 0.29) is 36.9 Å². The van der Waals surface area contributed by atoms with E-state index in [0.29, 0.717) is 10.6 Å². The summed E-state index contributed by atoms with van der Waals surface area (Å²) in [5.41, 5.74) is 7.09. The second-order valence-corrected chi connectivity index (χ2v) is 8.13. The highest BCUT2D eigenvalue weighted by Gasteiger charge is 2.25. The van der Waals surface area contributed by atoms with E-state index in [1.165, 1.54) is 11.6 Å². The Bertz CT molecular complexity index is 1280. The molecule has 9 nitrogen and oxygen atoms in total. The largest absolute Gasteiger partial charge is 0.384 e. The number of anilines is 2. The van der Waals surface area contributed by atoms with Crippen molar-refractivity contribution in [3.8, 4) is 0 Å². The van der Waals surface area contributed by atoms with Crippen LogP contribution >= 0.6 is 0 Å². The Kier molecular flexibility index (Phi) is 7.24. The number of rotatable bonds is 8. The number of benzene rings is 2. The van der Waals surface area contributed by atoms with Gasteiger partial charge in [0.25, 0.3) is 11.5 Å². The lowest BCUT2D eigenvalue weighted by atomic mass is 10.1. The molecule has 0 radical (unpaired) electrons. The maximum atomic E-state index is 13.0. The van der Waals surface area contributed by atoms with Gasteiger partial charge in [-0.15, -0.1) is 0 Å². The number of likely N-dealkylation sites (N-methyl/N-ethyl adjacent to an activating group) is 1. The number of amides is 1. The summed E-state index contributed by atoms with van der Waals surface area (Å²) in [6.45, 7) is 1.96. The van der Waals surface area contributed by atoms with Crippen LogP contribution in [0.4, 0.5) is 11.5 Å². The minimum absolute atomic E-state index is 0.0174. The normalized spacial score (nSPS) is 11.7. The maximum absolute atomic E-state index is 13.0. The van der Waals surface area contributed by atoms with Crippen LogP contribution in [0.5, 0.6) is 0 Å². The summed E-state index contributed by atoms with van der Waals surface area (Å²) >= 11 is 0. The number of nitrogens with zero attached hydrogens (tertiary/aromatic N) is 2. The number of carbonyl (C=O) groups excluding carboxylic acids is 2. The van der Waals surface area contributed by atoms with Crippen molar-refractivity contribution < 1.29 is 14.5 Å². The van der Waals surface area contributed by atoms with Crippen LogP contribution in [0.25, 0.3) is 0 Å². The predicted octanol–water partition coefficient (Wildman–Crippen LogP) is -0.178. The molecule has 33 heavy (non-hydrogen) atoms. The molecule has 0 saturated heterocycles. The highest BCUT2D eigenvalue weighted by molar-refractivity contribution is 6.00. The van der Waals surface area contributed by atoms with Crippen LogP contribution in [0, 0.1) is 6.92 Å². The Morgan fingerprint density at radius 3 is 2.27 bits per heavy atom. The van der Waals surface area contributed by atoms with Crippen molar-refractivity contribution in [3.63, 3.8) is 0 Å². The number of aryl methyl sites for hydroxylation is 1. The number of Topliss-reactive ketones (excluding diaryl/α,β-unsaturated/α-hetero) is 1. The van der Waals surface area contributed by atoms with Gasteiger partial charge in [0.15, 0.2) is 6.54 Å². The Morgan fingerprint density at radius 1 is 1.00 bits per heavy atom. The summed E-state index contributed by atoms with van der Waals surface area (Å²) in [5, 5.41) is 2.78. The highest BCUT2D eigenvalue weighted by Crippen LogP contribution is 2.09. The minimum Gasteiger partial charge on any atom is -0.384 e. The van der Waals surface area contributed by atoms with Gasteiger partial charge in [0, 0.05) is 12.7 Å². The minimum atomic E-state index is -0.747. The quantitative estimate of drug-likeness (QED) is 0.411. The van der Waals surface area contributed by atoms with Gasteiger partial charge in [0.2, 0.25) is 5.78 Å². The molecule has 2 aromatic carbocycles. The molecule has 1 unspecified atom stereocenters. The molecule has 1 heterocycles. The number of nitrogens with two attached hydrogens (primary N) is 1. The number of hydrogen-bond acceptors (Lipinski definition) is 5. The van der Waals surface area contributed by atoms with Gasteiger partial charge < -0.3 is 16.0 Å². The topological polar surface area (TPSA) is 121 Å². The molecule has 172 valence electrons. The molecular weight excluding hydrogens is 422 g/mol. The second-order valence-electron chi connectivity index (χ2n) is 8.13. The van der Waals surface area contributed by atoms with Crippen LogP contribution in [0.2, 0.25) is 0 Å². The Balaban J connectivity index is 1.77. The van der Waals surface area contributed by atoms with Crippen LogP contribution < -0.4 is 27.2 Å². The Morgan fingerprint density at radius 2 is 1.64 bits per heavy atom. The molecule has 3 rings (SSSR count). The number of aromatic nitrogens is 2. The smallest absolute Gasteiger partial charge is 0.332 e. The number of nitrogens with one attached hydrogen (secondary N) is 2. The van der Waals surface area contributed by atoms with Crippen molar-refractivity contribution in [2.45, 2.75) is 13.5 Å². The van der Waals surface area contributed by atoms with Crippen LogP contribution in [-0.4, -0.2) is 41.0 Å².